The lowest BCUT2D eigenvalue weighted by Crippen LogP contribution is -2.51. The van der Waals surface area contributed by atoms with Gasteiger partial charge >= 0.3 is 0 Å². The second-order valence-electron chi connectivity index (χ2n) is 5.13. The maximum absolute atomic E-state index is 13.5. The number of rotatable bonds is 3. The molecule has 1 atom stereocenters. The van der Waals surface area contributed by atoms with Crippen LogP contribution in [0.4, 0.5) is 8.78 Å². The van der Waals surface area contributed by atoms with Gasteiger partial charge in [-0.05, 0) is 38.2 Å². The second-order valence-corrected chi connectivity index (χ2v) is 5.13. The van der Waals surface area contributed by atoms with Crippen LogP contribution in [0.25, 0.3) is 10.9 Å². The van der Waals surface area contributed by atoms with Crippen LogP contribution < -0.4 is 5.32 Å². The number of halogens is 2. The minimum absolute atomic E-state index is 0.0240. The Morgan fingerprint density at radius 2 is 2.20 bits per heavy atom. The molecule has 4 nitrogen and oxygen atoms in total. The molecule has 1 saturated heterocycles. The Kier molecular flexibility index (Phi) is 3.17. The van der Waals surface area contributed by atoms with Gasteiger partial charge in [-0.1, -0.05) is 0 Å². The van der Waals surface area contributed by atoms with E-state index in [9.17, 15) is 13.6 Å². The number of aromatic nitrogens is 1. The predicted molar refractivity (Wildman–Crippen MR) is 71.6 cm³/mol. The number of amides is 1. The SMILES string of the molecule is CN1CCC1CNC(=O)c1cc2c(F)ccc(F)c2[nH]1. The summed E-state index contributed by atoms with van der Waals surface area (Å²) in [7, 11) is 1.99. The smallest absolute Gasteiger partial charge is 0.267 e. The Hall–Kier alpha value is -1.95. The molecule has 1 unspecified atom stereocenters. The van der Waals surface area contributed by atoms with E-state index in [2.05, 4.69) is 15.2 Å². The number of fused-ring (bicyclic) bond motifs is 1. The number of nitrogens with zero attached hydrogens (tertiary/aromatic N) is 1. The Labute approximate surface area is 114 Å². The Morgan fingerprint density at radius 1 is 1.45 bits per heavy atom. The van der Waals surface area contributed by atoms with Crippen LogP contribution in [0.5, 0.6) is 0 Å². The van der Waals surface area contributed by atoms with Gasteiger partial charge in [-0.2, -0.15) is 0 Å². The zero-order valence-corrected chi connectivity index (χ0v) is 11.0. The van der Waals surface area contributed by atoms with Crippen molar-refractivity contribution in [3.05, 3.63) is 35.5 Å². The van der Waals surface area contributed by atoms with Crippen LogP contribution in [0.3, 0.4) is 0 Å². The fraction of sp³-hybridized carbons (Fsp3) is 0.357. The molecule has 1 aromatic carbocycles. The lowest BCUT2D eigenvalue weighted by molar-refractivity contribution is 0.0880. The molecule has 1 fully saturated rings. The molecule has 3 rings (SSSR count). The minimum atomic E-state index is -0.570. The maximum atomic E-state index is 13.5. The highest BCUT2D eigenvalue weighted by atomic mass is 19.1. The zero-order valence-electron chi connectivity index (χ0n) is 11.0. The van der Waals surface area contributed by atoms with E-state index in [1.807, 2.05) is 7.05 Å². The van der Waals surface area contributed by atoms with Crippen LogP contribution in [0.2, 0.25) is 0 Å². The summed E-state index contributed by atoms with van der Waals surface area (Å²) in [6, 6.07) is 3.78. The number of carbonyl (C=O) groups excluding carboxylic acids is 1. The van der Waals surface area contributed by atoms with Crippen molar-refractivity contribution in [2.24, 2.45) is 0 Å². The Morgan fingerprint density at radius 3 is 2.80 bits per heavy atom. The molecule has 2 N–H and O–H groups in total. The standard InChI is InChI=1S/C14H15F2N3O/c1-19-5-4-8(19)7-17-14(20)12-6-9-10(15)2-3-11(16)13(9)18-12/h2-3,6,8,18H,4-5,7H2,1H3,(H,17,20). The van der Waals surface area contributed by atoms with E-state index >= 15 is 0 Å². The van der Waals surface area contributed by atoms with Gasteiger partial charge in [0.15, 0.2) is 0 Å². The van der Waals surface area contributed by atoms with Crippen LogP contribution in [0, 0.1) is 11.6 Å². The van der Waals surface area contributed by atoms with Crippen molar-refractivity contribution in [2.75, 3.05) is 20.1 Å². The maximum Gasteiger partial charge on any atom is 0.267 e. The van der Waals surface area contributed by atoms with E-state index in [0.717, 1.165) is 25.1 Å². The molecule has 2 aromatic rings. The van der Waals surface area contributed by atoms with Gasteiger partial charge in [0, 0.05) is 18.0 Å². The van der Waals surface area contributed by atoms with E-state index in [-0.39, 0.29) is 22.5 Å². The molecular weight excluding hydrogens is 264 g/mol. The molecule has 0 aliphatic carbocycles. The number of nitrogens with one attached hydrogen (secondary N) is 2. The van der Waals surface area contributed by atoms with Crippen LogP contribution >= 0.6 is 0 Å². The van der Waals surface area contributed by atoms with Crippen molar-refractivity contribution in [1.82, 2.24) is 15.2 Å². The van der Waals surface area contributed by atoms with Gasteiger partial charge in [-0.15, -0.1) is 0 Å². The first-order chi connectivity index (χ1) is 9.56. The largest absolute Gasteiger partial charge is 0.349 e. The van der Waals surface area contributed by atoms with Crippen LogP contribution in [0.1, 0.15) is 16.9 Å². The molecule has 20 heavy (non-hydrogen) atoms. The summed E-state index contributed by atoms with van der Waals surface area (Å²) in [6.07, 6.45) is 1.05. The quantitative estimate of drug-likeness (QED) is 0.901. The number of carbonyl (C=O) groups is 1. The summed E-state index contributed by atoms with van der Waals surface area (Å²) in [6.45, 7) is 1.57. The van der Waals surface area contributed by atoms with E-state index in [4.69, 9.17) is 0 Å². The van der Waals surface area contributed by atoms with Crippen molar-refractivity contribution in [1.29, 1.82) is 0 Å². The molecule has 0 radical (unpaired) electrons. The number of aromatic amines is 1. The first-order valence-corrected chi connectivity index (χ1v) is 6.51. The summed E-state index contributed by atoms with van der Waals surface area (Å²) < 4.78 is 27.1. The highest BCUT2D eigenvalue weighted by molar-refractivity contribution is 5.98. The van der Waals surface area contributed by atoms with Crippen molar-refractivity contribution < 1.29 is 13.6 Å². The fourth-order valence-corrected chi connectivity index (χ4v) is 2.41. The average molecular weight is 279 g/mol. The van der Waals surface area contributed by atoms with Crippen molar-refractivity contribution in [3.8, 4) is 0 Å². The van der Waals surface area contributed by atoms with Crippen molar-refractivity contribution in [2.45, 2.75) is 12.5 Å². The van der Waals surface area contributed by atoms with Gasteiger partial charge in [0.05, 0.1) is 5.52 Å². The first kappa shape index (κ1) is 13.1. The van der Waals surface area contributed by atoms with Crippen LogP contribution in [-0.4, -0.2) is 42.0 Å². The predicted octanol–water partition coefficient (Wildman–Crippen LogP) is 1.88. The van der Waals surface area contributed by atoms with Crippen molar-refractivity contribution >= 4 is 16.8 Å². The number of benzene rings is 1. The fourth-order valence-electron chi connectivity index (χ4n) is 2.41. The average Bonchev–Trinajstić information content (AvgIpc) is 2.87. The molecular formula is C14H15F2N3O. The number of hydrogen-bond acceptors (Lipinski definition) is 2. The first-order valence-electron chi connectivity index (χ1n) is 6.51. The summed E-state index contributed by atoms with van der Waals surface area (Å²) >= 11 is 0. The molecule has 1 aliphatic rings. The second kappa shape index (κ2) is 4.86. The third kappa shape index (κ3) is 2.16. The van der Waals surface area contributed by atoms with Gasteiger partial charge in [0.25, 0.3) is 5.91 Å². The van der Waals surface area contributed by atoms with E-state index in [0.29, 0.717) is 12.6 Å². The lowest BCUT2D eigenvalue weighted by Gasteiger charge is -2.37. The highest BCUT2D eigenvalue weighted by Crippen LogP contribution is 2.22. The molecule has 2 heterocycles. The molecule has 106 valence electrons. The van der Waals surface area contributed by atoms with Gasteiger partial charge in [0.1, 0.15) is 17.3 Å². The van der Waals surface area contributed by atoms with Crippen molar-refractivity contribution in [3.63, 3.8) is 0 Å². The normalized spacial score (nSPS) is 19.1. The summed E-state index contributed by atoms with van der Waals surface area (Å²) in [5, 5.41) is 2.87. The van der Waals surface area contributed by atoms with Crippen LogP contribution in [-0.2, 0) is 0 Å². The van der Waals surface area contributed by atoms with Gasteiger partial charge in [-0.3, -0.25) is 4.79 Å². The minimum Gasteiger partial charge on any atom is -0.349 e. The molecule has 1 aliphatic heterocycles. The van der Waals surface area contributed by atoms with E-state index < -0.39 is 11.6 Å². The summed E-state index contributed by atoms with van der Waals surface area (Å²) in [5.74, 6) is -1.46. The van der Waals surface area contributed by atoms with Gasteiger partial charge in [0.2, 0.25) is 0 Å². The van der Waals surface area contributed by atoms with E-state index in [1.54, 1.807) is 0 Å². The monoisotopic (exact) mass is 279 g/mol. The zero-order chi connectivity index (χ0) is 14.3. The summed E-state index contributed by atoms with van der Waals surface area (Å²) in [5.41, 5.74) is 0.196. The number of H-pyrrole nitrogens is 1. The number of likely N-dealkylation sites (N-methyl/N-ethyl adjacent to an activating group) is 1. The van der Waals surface area contributed by atoms with Crippen LogP contribution in [0.15, 0.2) is 18.2 Å². The number of hydrogen-bond donors (Lipinski definition) is 2. The lowest BCUT2D eigenvalue weighted by atomic mass is 10.1. The van der Waals surface area contributed by atoms with Gasteiger partial charge in [-0.25, -0.2) is 8.78 Å². The number of likely N-dealkylation sites (tertiary alicyclic amines) is 1. The molecule has 1 amide bonds. The Bertz CT molecular complexity index is 629. The van der Waals surface area contributed by atoms with E-state index in [1.165, 1.54) is 6.07 Å². The molecule has 1 aromatic heterocycles. The summed E-state index contributed by atoms with van der Waals surface area (Å²) in [4.78, 5) is 16.8. The molecule has 0 saturated carbocycles. The molecule has 6 heteroatoms. The third-order valence-corrected chi connectivity index (χ3v) is 3.87. The highest BCUT2D eigenvalue weighted by Gasteiger charge is 2.24. The Balaban J connectivity index is 1.78. The topological polar surface area (TPSA) is 48.1 Å². The molecule has 0 spiro atoms. The third-order valence-electron chi connectivity index (χ3n) is 3.87. The van der Waals surface area contributed by atoms with Gasteiger partial charge < -0.3 is 15.2 Å². The molecule has 0 bridgehead atoms.